The number of allylic oxidation sites excluding steroid dienone is 2. The lowest BCUT2D eigenvalue weighted by atomic mass is 9.69. The van der Waals surface area contributed by atoms with Gasteiger partial charge in [0.1, 0.15) is 30.6 Å². The van der Waals surface area contributed by atoms with E-state index in [-0.39, 0.29) is 24.9 Å². The minimum Gasteiger partial charge on any atom is -0.497 e. The fraction of sp³-hybridized carbons (Fsp3) is 0.281. The Hall–Kier alpha value is -3.71. The quantitative estimate of drug-likeness (QED) is 0.218. The summed E-state index contributed by atoms with van der Waals surface area (Å²) in [5.41, 5.74) is 3.99. The topological polar surface area (TPSA) is 74.2 Å². The van der Waals surface area contributed by atoms with E-state index in [0.29, 0.717) is 29.9 Å². The summed E-state index contributed by atoms with van der Waals surface area (Å²) in [6.45, 7) is 2.19. The van der Waals surface area contributed by atoms with Crippen molar-refractivity contribution < 1.29 is 23.8 Å². The standard InChI is InChI=1S/C32H30BrNO5/c1-20-29(32(36)39-17-16-38-26-6-4-3-5-7-26)30(22-8-12-24(33)13-9-22)31-27(34-20)18-23(19-28(31)35)21-10-14-25(37-2)15-11-21/h3-15,23,29-30H,16-19H2,1-2H3/t23-,29?,30+/m1/s1. The van der Waals surface area contributed by atoms with Crippen LogP contribution in [0.1, 0.15) is 42.7 Å². The molecule has 0 amide bonds. The maximum atomic E-state index is 13.7. The first kappa shape index (κ1) is 26.9. The number of esters is 1. The Morgan fingerprint density at radius 3 is 2.28 bits per heavy atom. The van der Waals surface area contributed by atoms with Gasteiger partial charge in [-0.1, -0.05) is 58.4 Å². The molecule has 1 unspecified atom stereocenters. The van der Waals surface area contributed by atoms with Crippen LogP contribution in [0.4, 0.5) is 0 Å². The summed E-state index contributed by atoms with van der Waals surface area (Å²) in [5, 5.41) is 0. The summed E-state index contributed by atoms with van der Waals surface area (Å²) in [5.74, 6) is -0.0312. The van der Waals surface area contributed by atoms with Crippen LogP contribution in [0, 0.1) is 5.92 Å². The SMILES string of the molecule is COc1ccc([C@H]2CC(=O)C3=C(C2)N=C(C)C(C(=O)OCCOc2ccccc2)[C@@H]3c2ccc(Br)cc2)cc1. The van der Waals surface area contributed by atoms with Crippen LogP contribution in [0.3, 0.4) is 0 Å². The lowest BCUT2D eigenvalue weighted by Crippen LogP contribution is -2.38. The van der Waals surface area contributed by atoms with Crippen LogP contribution in [0.15, 0.2) is 99.6 Å². The molecule has 0 aromatic heterocycles. The maximum Gasteiger partial charge on any atom is 0.315 e. The van der Waals surface area contributed by atoms with Gasteiger partial charge in [0.2, 0.25) is 0 Å². The highest BCUT2D eigenvalue weighted by Gasteiger charge is 2.44. The van der Waals surface area contributed by atoms with Gasteiger partial charge in [0, 0.05) is 33.8 Å². The monoisotopic (exact) mass is 587 g/mol. The highest BCUT2D eigenvalue weighted by Crippen LogP contribution is 2.47. The lowest BCUT2D eigenvalue weighted by Gasteiger charge is -2.36. The molecule has 3 atom stereocenters. The number of methoxy groups -OCH3 is 1. The molecule has 0 radical (unpaired) electrons. The molecule has 6 nitrogen and oxygen atoms in total. The highest BCUT2D eigenvalue weighted by atomic mass is 79.9. The van der Waals surface area contributed by atoms with Crippen LogP contribution in [0.25, 0.3) is 0 Å². The second-order valence-electron chi connectivity index (χ2n) is 9.75. The summed E-state index contributed by atoms with van der Waals surface area (Å²) in [4.78, 5) is 32.1. The van der Waals surface area contributed by atoms with E-state index in [0.717, 1.165) is 27.0 Å². The van der Waals surface area contributed by atoms with Crippen molar-refractivity contribution in [1.29, 1.82) is 0 Å². The zero-order valence-corrected chi connectivity index (χ0v) is 23.5. The Kier molecular flexibility index (Phi) is 8.27. The van der Waals surface area contributed by atoms with Gasteiger partial charge in [0.15, 0.2) is 5.78 Å². The molecule has 5 rings (SSSR count). The van der Waals surface area contributed by atoms with E-state index in [1.165, 1.54) is 0 Å². The number of aliphatic imine (C=N–C) groups is 1. The van der Waals surface area contributed by atoms with Gasteiger partial charge in [-0.15, -0.1) is 0 Å². The van der Waals surface area contributed by atoms with Crippen LogP contribution in [0.2, 0.25) is 0 Å². The number of halogens is 1. The second-order valence-corrected chi connectivity index (χ2v) is 10.7. The predicted octanol–water partition coefficient (Wildman–Crippen LogP) is 6.66. The van der Waals surface area contributed by atoms with E-state index < -0.39 is 17.8 Å². The van der Waals surface area contributed by atoms with Crippen molar-refractivity contribution in [3.05, 3.63) is 106 Å². The van der Waals surface area contributed by atoms with Gasteiger partial charge in [-0.2, -0.15) is 0 Å². The average molecular weight is 588 g/mol. The molecule has 2 aliphatic rings. The fourth-order valence-corrected chi connectivity index (χ4v) is 5.68. The van der Waals surface area contributed by atoms with Crippen LogP contribution in [0.5, 0.6) is 11.5 Å². The maximum absolute atomic E-state index is 13.7. The molecule has 1 aliphatic carbocycles. The van der Waals surface area contributed by atoms with E-state index >= 15 is 0 Å². The number of carbonyl (C=O) groups excluding carboxylic acids is 2. The Morgan fingerprint density at radius 1 is 0.897 bits per heavy atom. The first-order valence-corrected chi connectivity index (χ1v) is 13.8. The fourth-order valence-electron chi connectivity index (χ4n) is 5.42. The lowest BCUT2D eigenvalue weighted by molar-refractivity contribution is -0.147. The molecule has 7 heteroatoms. The van der Waals surface area contributed by atoms with Gasteiger partial charge in [0.05, 0.1) is 7.11 Å². The highest BCUT2D eigenvalue weighted by molar-refractivity contribution is 9.10. The number of nitrogens with zero attached hydrogens (tertiary/aromatic N) is 1. The number of carbonyl (C=O) groups is 2. The first-order valence-electron chi connectivity index (χ1n) is 13.0. The molecular weight excluding hydrogens is 558 g/mol. The zero-order chi connectivity index (χ0) is 27.4. The summed E-state index contributed by atoms with van der Waals surface area (Å²) in [7, 11) is 1.63. The third-order valence-electron chi connectivity index (χ3n) is 7.30. The first-order chi connectivity index (χ1) is 18.9. The predicted molar refractivity (Wildman–Crippen MR) is 153 cm³/mol. The van der Waals surface area contributed by atoms with Crippen molar-refractivity contribution in [2.45, 2.75) is 31.6 Å². The molecule has 1 aliphatic heterocycles. The number of Topliss-reactive ketones (excluding diaryl/α,β-unsaturated/α-hetero) is 1. The molecule has 0 spiro atoms. The summed E-state index contributed by atoms with van der Waals surface area (Å²) in [6.07, 6.45) is 0.990. The minimum atomic E-state index is -0.692. The normalized spacial score (nSPS) is 20.6. The Bertz CT molecular complexity index is 1400. The van der Waals surface area contributed by atoms with Crippen LogP contribution < -0.4 is 9.47 Å². The van der Waals surface area contributed by atoms with Gasteiger partial charge >= 0.3 is 5.97 Å². The van der Waals surface area contributed by atoms with E-state index in [1.54, 1.807) is 7.11 Å². The third-order valence-corrected chi connectivity index (χ3v) is 7.83. The van der Waals surface area contributed by atoms with Crippen molar-refractivity contribution >= 4 is 33.4 Å². The molecule has 0 saturated carbocycles. The molecular formula is C32H30BrNO5. The molecule has 39 heavy (non-hydrogen) atoms. The summed E-state index contributed by atoms with van der Waals surface area (Å²) < 4.78 is 17.6. The molecule has 3 aromatic rings. The van der Waals surface area contributed by atoms with Crippen molar-refractivity contribution in [3.8, 4) is 11.5 Å². The van der Waals surface area contributed by atoms with Crippen LogP contribution >= 0.6 is 15.9 Å². The molecule has 0 bridgehead atoms. The van der Waals surface area contributed by atoms with Gasteiger partial charge in [-0.05, 0) is 66.8 Å². The Morgan fingerprint density at radius 2 is 1.59 bits per heavy atom. The van der Waals surface area contributed by atoms with E-state index in [1.807, 2.05) is 85.8 Å². The van der Waals surface area contributed by atoms with E-state index in [9.17, 15) is 9.59 Å². The van der Waals surface area contributed by atoms with E-state index in [4.69, 9.17) is 19.2 Å². The Balaban J connectivity index is 1.40. The smallest absolute Gasteiger partial charge is 0.315 e. The van der Waals surface area contributed by atoms with Crippen LogP contribution in [-0.2, 0) is 14.3 Å². The second kappa shape index (κ2) is 12.0. The number of hydrogen-bond acceptors (Lipinski definition) is 6. The zero-order valence-electron chi connectivity index (χ0n) is 21.9. The number of benzene rings is 3. The van der Waals surface area contributed by atoms with Crippen molar-refractivity contribution in [1.82, 2.24) is 0 Å². The average Bonchev–Trinajstić information content (AvgIpc) is 2.95. The summed E-state index contributed by atoms with van der Waals surface area (Å²) >= 11 is 3.49. The molecule has 0 fully saturated rings. The number of rotatable bonds is 8. The van der Waals surface area contributed by atoms with Crippen molar-refractivity contribution in [2.24, 2.45) is 10.9 Å². The number of ether oxygens (including phenoxy) is 3. The number of hydrogen-bond donors (Lipinski definition) is 0. The molecule has 200 valence electrons. The number of ketones is 1. The van der Waals surface area contributed by atoms with Gasteiger partial charge in [-0.3, -0.25) is 14.6 Å². The number of para-hydroxylation sites is 1. The van der Waals surface area contributed by atoms with Crippen molar-refractivity contribution in [3.63, 3.8) is 0 Å². The van der Waals surface area contributed by atoms with Gasteiger partial charge in [-0.25, -0.2) is 0 Å². The third kappa shape index (κ3) is 5.98. The largest absolute Gasteiger partial charge is 0.497 e. The van der Waals surface area contributed by atoms with Gasteiger partial charge < -0.3 is 14.2 Å². The van der Waals surface area contributed by atoms with Gasteiger partial charge in [0.25, 0.3) is 0 Å². The molecule has 1 heterocycles. The Labute approximate surface area is 236 Å². The summed E-state index contributed by atoms with van der Waals surface area (Å²) in [6, 6.07) is 25.0. The van der Waals surface area contributed by atoms with Crippen LogP contribution in [-0.4, -0.2) is 37.8 Å². The van der Waals surface area contributed by atoms with E-state index in [2.05, 4.69) is 15.9 Å². The molecule has 3 aromatic carbocycles. The minimum absolute atomic E-state index is 0.0166. The molecule has 0 saturated heterocycles. The molecule has 0 N–H and O–H groups in total. The van der Waals surface area contributed by atoms with Crippen molar-refractivity contribution in [2.75, 3.05) is 20.3 Å².